The summed E-state index contributed by atoms with van der Waals surface area (Å²) in [6.07, 6.45) is 2.60. The third kappa shape index (κ3) is 5.95. The molecule has 0 bridgehead atoms. The molecule has 1 unspecified atom stereocenters. The largest absolute Gasteiger partial charge is 0.313 e. The number of nitrogens with one attached hydrogen (secondary N) is 1. The predicted octanol–water partition coefficient (Wildman–Crippen LogP) is 2.91. The van der Waals surface area contributed by atoms with Crippen molar-refractivity contribution in [2.24, 2.45) is 0 Å². The van der Waals surface area contributed by atoms with E-state index in [2.05, 4.69) is 56.9 Å². The minimum absolute atomic E-state index is 0.305. The predicted molar refractivity (Wildman–Crippen MR) is 83.8 cm³/mol. The molecule has 0 aliphatic carbocycles. The number of hydrogen-bond acceptors (Lipinski definition) is 4. The molecule has 1 heterocycles. The van der Waals surface area contributed by atoms with Crippen LogP contribution in [-0.4, -0.2) is 37.9 Å². The number of rotatable bonds is 7. The van der Waals surface area contributed by atoms with Crippen LogP contribution in [-0.2, 0) is 6.42 Å². The van der Waals surface area contributed by atoms with Gasteiger partial charge in [0, 0.05) is 29.0 Å². The van der Waals surface area contributed by atoms with Gasteiger partial charge < -0.3 is 5.32 Å². The average molecular weight is 284 g/mol. The van der Waals surface area contributed by atoms with Crippen LogP contribution in [0.4, 0.5) is 0 Å². The molecule has 0 spiro atoms. The van der Waals surface area contributed by atoms with Crippen LogP contribution < -0.4 is 5.32 Å². The molecule has 0 aromatic carbocycles. The highest BCUT2D eigenvalue weighted by atomic mass is 32.2. The lowest BCUT2D eigenvalue weighted by molar-refractivity contribution is 0.476. The molecule has 0 radical (unpaired) electrons. The lowest BCUT2D eigenvalue weighted by Gasteiger charge is -2.23. The summed E-state index contributed by atoms with van der Waals surface area (Å²) < 4.78 is 2.32. The van der Waals surface area contributed by atoms with Crippen molar-refractivity contribution in [3.05, 3.63) is 12.2 Å². The van der Waals surface area contributed by atoms with Gasteiger partial charge in [-0.2, -0.15) is 16.9 Å². The van der Waals surface area contributed by atoms with Crippen LogP contribution in [0.5, 0.6) is 0 Å². The summed E-state index contributed by atoms with van der Waals surface area (Å²) in [6, 6.07) is 0.825. The van der Waals surface area contributed by atoms with Crippen molar-refractivity contribution in [2.75, 3.05) is 12.3 Å². The van der Waals surface area contributed by atoms with E-state index < -0.39 is 0 Å². The Labute approximate surface area is 121 Å². The minimum atomic E-state index is 0.305. The van der Waals surface area contributed by atoms with Crippen LogP contribution in [0, 0.1) is 0 Å². The van der Waals surface area contributed by atoms with Crippen molar-refractivity contribution < 1.29 is 0 Å². The van der Waals surface area contributed by atoms with Crippen molar-refractivity contribution in [3.8, 4) is 0 Å². The van der Waals surface area contributed by atoms with Crippen LogP contribution in [0.2, 0.25) is 0 Å². The molecule has 0 saturated heterocycles. The molecule has 0 fully saturated rings. The van der Waals surface area contributed by atoms with Crippen LogP contribution in [0.3, 0.4) is 0 Å². The highest BCUT2D eigenvalue weighted by Crippen LogP contribution is 2.24. The van der Waals surface area contributed by atoms with Crippen molar-refractivity contribution in [1.29, 1.82) is 0 Å². The van der Waals surface area contributed by atoms with Gasteiger partial charge in [0.05, 0.1) is 0 Å². The fourth-order valence-corrected chi connectivity index (χ4v) is 2.84. The van der Waals surface area contributed by atoms with E-state index in [0.29, 0.717) is 16.8 Å². The molecule has 1 aromatic heterocycles. The summed E-state index contributed by atoms with van der Waals surface area (Å²) in [6.45, 7) is 14.2. The van der Waals surface area contributed by atoms with E-state index in [-0.39, 0.29) is 0 Å². The molecular formula is C14H28N4S. The summed E-state index contributed by atoms with van der Waals surface area (Å²) in [4.78, 5) is 4.41. The van der Waals surface area contributed by atoms with E-state index >= 15 is 0 Å². The van der Waals surface area contributed by atoms with E-state index in [0.717, 1.165) is 24.5 Å². The van der Waals surface area contributed by atoms with Crippen molar-refractivity contribution >= 4 is 11.8 Å². The second kappa shape index (κ2) is 7.29. The molecule has 0 aliphatic rings. The van der Waals surface area contributed by atoms with Crippen molar-refractivity contribution in [2.45, 2.75) is 64.8 Å². The monoisotopic (exact) mass is 284 g/mol. The van der Waals surface area contributed by atoms with Gasteiger partial charge in [-0.15, -0.1) is 0 Å². The molecule has 4 nitrogen and oxygen atoms in total. The van der Waals surface area contributed by atoms with Gasteiger partial charge in [-0.1, -0.05) is 27.7 Å². The first-order valence-electron chi connectivity index (χ1n) is 7.09. The molecule has 5 heteroatoms. The first-order valence-corrected chi connectivity index (χ1v) is 8.07. The van der Waals surface area contributed by atoms with E-state index in [1.165, 1.54) is 0 Å². The molecule has 0 aliphatic heterocycles. The third-order valence-electron chi connectivity index (χ3n) is 2.78. The molecule has 1 atom stereocenters. The number of hydrogen-bond donors (Lipinski definition) is 1. The normalized spacial score (nSPS) is 14.1. The van der Waals surface area contributed by atoms with Gasteiger partial charge in [-0.25, -0.2) is 9.67 Å². The van der Waals surface area contributed by atoms with E-state index in [1.807, 2.05) is 16.4 Å². The Kier molecular flexibility index (Phi) is 6.33. The van der Waals surface area contributed by atoms with Gasteiger partial charge in [0.25, 0.3) is 0 Å². The van der Waals surface area contributed by atoms with Gasteiger partial charge in [0.1, 0.15) is 12.2 Å². The summed E-state index contributed by atoms with van der Waals surface area (Å²) in [5.41, 5.74) is 0. The molecule has 19 heavy (non-hydrogen) atoms. The zero-order valence-corrected chi connectivity index (χ0v) is 13.9. The Bertz CT molecular complexity index is 368. The Morgan fingerprint density at radius 3 is 2.58 bits per heavy atom. The highest BCUT2D eigenvalue weighted by Gasteiger charge is 2.18. The van der Waals surface area contributed by atoms with Gasteiger partial charge in [-0.05, 0) is 20.4 Å². The Hall–Kier alpha value is -0.550. The fraction of sp³-hybridized carbons (Fsp3) is 0.857. The maximum absolute atomic E-state index is 4.41. The maximum atomic E-state index is 4.41. The summed E-state index contributed by atoms with van der Waals surface area (Å²) in [7, 11) is 0. The smallest absolute Gasteiger partial charge is 0.138 e. The van der Waals surface area contributed by atoms with Gasteiger partial charge in [-0.3, -0.25) is 0 Å². The second-order valence-electron chi connectivity index (χ2n) is 6.10. The first kappa shape index (κ1) is 16.5. The topological polar surface area (TPSA) is 42.7 Å². The van der Waals surface area contributed by atoms with E-state index in [9.17, 15) is 0 Å². The molecular weight excluding hydrogens is 256 g/mol. The summed E-state index contributed by atoms with van der Waals surface area (Å²) in [5, 5.41) is 7.87. The molecule has 1 N–H and O–H groups in total. The number of aromatic nitrogens is 3. The summed E-state index contributed by atoms with van der Waals surface area (Å²) >= 11 is 2.00. The van der Waals surface area contributed by atoms with Crippen LogP contribution in [0.25, 0.3) is 0 Å². The zero-order valence-electron chi connectivity index (χ0n) is 13.1. The highest BCUT2D eigenvalue weighted by molar-refractivity contribution is 8.00. The maximum Gasteiger partial charge on any atom is 0.138 e. The Morgan fingerprint density at radius 1 is 1.37 bits per heavy atom. The van der Waals surface area contributed by atoms with E-state index in [4.69, 9.17) is 0 Å². The minimum Gasteiger partial charge on any atom is -0.313 e. The molecule has 0 amide bonds. The Balaban J connectivity index is 2.64. The first-order chi connectivity index (χ1) is 8.83. The van der Waals surface area contributed by atoms with Gasteiger partial charge in [0.2, 0.25) is 0 Å². The third-order valence-corrected chi connectivity index (χ3v) is 4.21. The van der Waals surface area contributed by atoms with Crippen molar-refractivity contribution in [1.82, 2.24) is 20.1 Å². The quantitative estimate of drug-likeness (QED) is 0.836. The zero-order chi connectivity index (χ0) is 14.5. The molecule has 1 rings (SSSR count). The molecule has 1 aromatic rings. The molecule has 0 saturated carbocycles. The Morgan fingerprint density at radius 2 is 2.05 bits per heavy atom. The van der Waals surface area contributed by atoms with Crippen LogP contribution in [0.15, 0.2) is 6.33 Å². The lowest BCUT2D eigenvalue weighted by atomic mass is 10.2. The van der Waals surface area contributed by atoms with Crippen LogP contribution >= 0.6 is 11.8 Å². The van der Waals surface area contributed by atoms with Gasteiger partial charge in [0.15, 0.2) is 0 Å². The number of likely N-dealkylation sites (N-methyl/N-ethyl adjacent to an activating group) is 1. The lowest BCUT2D eigenvalue weighted by Crippen LogP contribution is -2.35. The van der Waals surface area contributed by atoms with Crippen molar-refractivity contribution in [3.63, 3.8) is 0 Å². The standard InChI is InChI=1S/C14H28N4S/c1-7-15-12(9-19-14(4,5)6)8-13-16-10-17-18(13)11(2)3/h10-12,15H,7-9H2,1-6H3. The fourth-order valence-electron chi connectivity index (χ4n) is 1.90. The van der Waals surface area contributed by atoms with Crippen LogP contribution in [0.1, 0.15) is 53.4 Å². The summed E-state index contributed by atoms with van der Waals surface area (Å²) in [5.74, 6) is 2.18. The second-order valence-corrected chi connectivity index (χ2v) is 7.94. The van der Waals surface area contributed by atoms with Gasteiger partial charge >= 0.3 is 0 Å². The SMILES string of the molecule is CCNC(CSC(C)(C)C)Cc1ncnn1C(C)C. The van der Waals surface area contributed by atoms with E-state index in [1.54, 1.807) is 6.33 Å². The molecule has 110 valence electrons. The average Bonchev–Trinajstić information content (AvgIpc) is 2.73. The number of thioether (sulfide) groups is 1. The number of nitrogens with zero attached hydrogens (tertiary/aromatic N) is 3.